The van der Waals surface area contributed by atoms with Crippen LogP contribution in [0.4, 0.5) is 4.39 Å². The van der Waals surface area contributed by atoms with Crippen molar-refractivity contribution < 1.29 is 14.3 Å². The third-order valence-corrected chi connectivity index (χ3v) is 5.07. The van der Waals surface area contributed by atoms with Crippen molar-refractivity contribution in [1.29, 1.82) is 0 Å². The van der Waals surface area contributed by atoms with E-state index in [1.54, 1.807) is 6.07 Å². The van der Waals surface area contributed by atoms with Crippen molar-refractivity contribution in [2.24, 2.45) is 17.3 Å². The van der Waals surface area contributed by atoms with Crippen LogP contribution in [0.25, 0.3) is 0 Å². The molecule has 0 aliphatic heterocycles. The average molecular weight is 343 g/mol. The predicted octanol–water partition coefficient (Wildman–Crippen LogP) is 4.66. The quantitative estimate of drug-likeness (QED) is 0.867. The Morgan fingerprint density at radius 2 is 2.20 bits per heavy atom. The molecule has 0 amide bonds. The maximum Gasteiger partial charge on any atom is 0.306 e. The van der Waals surface area contributed by atoms with E-state index in [1.165, 1.54) is 12.1 Å². The van der Waals surface area contributed by atoms with Gasteiger partial charge in [-0.3, -0.25) is 4.79 Å². The summed E-state index contributed by atoms with van der Waals surface area (Å²) in [6.07, 6.45) is 3.26. The molecule has 0 spiro atoms. The second-order valence-corrected chi connectivity index (χ2v) is 7.41. The molecule has 0 bridgehead atoms. The normalized spacial score (nSPS) is 25.4. The lowest BCUT2D eigenvalue weighted by Crippen LogP contribution is -2.35. The van der Waals surface area contributed by atoms with Crippen molar-refractivity contribution in [2.45, 2.75) is 39.5 Å². The number of carboxylic acid groups (broad SMARTS) is 1. The van der Waals surface area contributed by atoms with Crippen LogP contribution in [0.2, 0.25) is 0 Å². The highest BCUT2D eigenvalue weighted by molar-refractivity contribution is 9.10. The van der Waals surface area contributed by atoms with Gasteiger partial charge in [0.15, 0.2) is 0 Å². The average Bonchev–Trinajstić information content (AvgIpc) is 2.31. The van der Waals surface area contributed by atoms with Crippen LogP contribution in [0.15, 0.2) is 22.7 Å². The molecule has 0 heterocycles. The van der Waals surface area contributed by atoms with Crippen LogP contribution in [0.3, 0.4) is 0 Å². The molecular weight excluding hydrogens is 323 g/mol. The van der Waals surface area contributed by atoms with Crippen LogP contribution in [-0.4, -0.2) is 11.1 Å². The SMILES string of the molecule is CC1(C)CCC(C(=O)O)C(Cc2ccc(F)cc2Br)C1. The first-order chi connectivity index (χ1) is 9.28. The van der Waals surface area contributed by atoms with Crippen LogP contribution in [-0.2, 0) is 11.2 Å². The van der Waals surface area contributed by atoms with Gasteiger partial charge in [-0.05, 0) is 54.7 Å². The maximum absolute atomic E-state index is 13.1. The third kappa shape index (κ3) is 3.60. The van der Waals surface area contributed by atoms with E-state index in [4.69, 9.17) is 0 Å². The minimum atomic E-state index is -0.705. The zero-order valence-corrected chi connectivity index (χ0v) is 13.4. The highest BCUT2D eigenvalue weighted by atomic mass is 79.9. The Morgan fingerprint density at radius 3 is 2.80 bits per heavy atom. The second-order valence-electron chi connectivity index (χ2n) is 6.55. The molecule has 2 nitrogen and oxygen atoms in total. The van der Waals surface area contributed by atoms with Gasteiger partial charge in [0, 0.05) is 4.47 Å². The standard InChI is InChI=1S/C16H20BrFO2/c1-16(2)6-5-13(15(19)20)11(9-16)7-10-3-4-12(18)8-14(10)17/h3-4,8,11,13H,5-7,9H2,1-2H3,(H,19,20). The fourth-order valence-corrected chi connectivity index (χ4v) is 3.76. The lowest BCUT2D eigenvalue weighted by molar-refractivity contribution is -0.146. The molecule has 1 fully saturated rings. The largest absolute Gasteiger partial charge is 0.481 e. The summed E-state index contributed by atoms with van der Waals surface area (Å²) in [5.41, 5.74) is 1.17. The van der Waals surface area contributed by atoms with E-state index in [2.05, 4.69) is 29.8 Å². The summed E-state index contributed by atoms with van der Waals surface area (Å²) in [6, 6.07) is 4.63. The first kappa shape index (κ1) is 15.5. The van der Waals surface area contributed by atoms with Gasteiger partial charge < -0.3 is 5.11 Å². The summed E-state index contributed by atoms with van der Waals surface area (Å²) >= 11 is 3.37. The molecule has 1 aromatic carbocycles. The molecule has 2 rings (SSSR count). The predicted molar refractivity (Wildman–Crippen MR) is 80.1 cm³/mol. The monoisotopic (exact) mass is 342 g/mol. The number of benzene rings is 1. The van der Waals surface area contributed by atoms with E-state index in [9.17, 15) is 14.3 Å². The Kier molecular flexibility index (Phi) is 4.52. The number of rotatable bonds is 3. The number of hydrogen-bond donors (Lipinski definition) is 1. The van der Waals surface area contributed by atoms with Crippen LogP contribution < -0.4 is 0 Å². The van der Waals surface area contributed by atoms with Crippen molar-refractivity contribution in [2.75, 3.05) is 0 Å². The molecule has 1 saturated carbocycles. The molecule has 1 aromatic rings. The molecule has 1 aliphatic rings. The summed E-state index contributed by atoms with van der Waals surface area (Å²) in [5.74, 6) is -1.17. The summed E-state index contributed by atoms with van der Waals surface area (Å²) in [6.45, 7) is 4.38. The molecule has 2 atom stereocenters. The Balaban J connectivity index is 2.20. The molecule has 4 heteroatoms. The van der Waals surface area contributed by atoms with Gasteiger partial charge in [-0.1, -0.05) is 35.8 Å². The van der Waals surface area contributed by atoms with Crippen LogP contribution >= 0.6 is 15.9 Å². The highest BCUT2D eigenvalue weighted by Crippen LogP contribution is 2.43. The third-order valence-electron chi connectivity index (χ3n) is 4.33. The molecular formula is C16H20BrFO2. The Hall–Kier alpha value is -0.900. The minimum absolute atomic E-state index is 0.109. The Labute approximate surface area is 127 Å². The minimum Gasteiger partial charge on any atom is -0.481 e. The van der Waals surface area contributed by atoms with Gasteiger partial charge >= 0.3 is 5.97 Å². The van der Waals surface area contributed by atoms with E-state index in [-0.39, 0.29) is 23.1 Å². The summed E-state index contributed by atoms with van der Waals surface area (Å²) in [4.78, 5) is 11.4. The molecule has 0 radical (unpaired) electrons. The van der Waals surface area contributed by atoms with Crippen LogP contribution in [0.5, 0.6) is 0 Å². The molecule has 0 aromatic heterocycles. The summed E-state index contributed by atoms with van der Waals surface area (Å²) in [7, 11) is 0. The maximum atomic E-state index is 13.1. The summed E-state index contributed by atoms with van der Waals surface area (Å²) < 4.78 is 13.9. The van der Waals surface area contributed by atoms with E-state index < -0.39 is 5.97 Å². The van der Waals surface area contributed by atoms with Gasteiger partial charge in [-0.25, -0.2) is 4.39 Å². The second kappa shape index (κ2) is 5.84. The van der Waals surface area contributed by atoms with Gasteiger partial charge in [0.2, 0.25) is 0 Å². The topological polar surface area (TPSA) is 37.3 Å². The van der Waals surface area contributed by atoms with Crippen LogP contribution in [0.1, 0.15) is 38.7 Å². The lowest BCUT2D eigenvalue weighted by Gasteiger charge is -2.39. The number of hydrogen-bond acceptors (Lipinski definition) is 1. The van der Waals surface area contributed by atoms with Crippen molar-refractivity contribution in [3.8, 4) is 0 Å². The van der Waals surface area contributed by atoms with Gasteiger partial charge in [-0.2, -0.15) is 0 Å². The van der Waals surface area contributed by atoms with Crippen molar-refractivity contribution in [3.05, 3.63) is 34.1 Å². The zero-order chi connectivity index (χ0) is 14.9. The number of carbonyl (C=O) groups is 1. The molecule has 20 heavy (non-hydrogen) atoms. The molecule has 110 valence electrons. The fourth-order valence-electron chi connectivity index (χ4n) is 3.25. The van der Waals surface area contributed by atoms with Crippen molar-refractivity contribution in [1.82, 2.24) is 0 Å². The summed E-state index contributed by atoms with van der Waals surface area (Å²) in [5, 5.41) is 9.40. The number of halogens is 2. The molecule has 1 N–H and O–H groups in total. The van der Waals surface area contributed by atoms with Gasteiger partial charge in [0.1, 0.15) is 5.82 Å². The van der Waals surface area contributed by atoms with Gasteiger partial charge in [0.25, 0.3) is 0 Å². The van der Waals surface area contributed by atoms with Crippen molar-refractivity contribution >= 4 is 21.9 Å². The molecule has 1 aliphatic carbocycles. The van der Waals surface area contributed by atoms with E-state index in [0.717, 1.165) is 29.3 Å². The smallest absolute Gasteiger partial charge is 0.306 e. The van der Waals surface area contributed by atoms with E-state index in [1.807, 2.05) is 0 Å². The van der Waals surface area contributed by atoms with E-state index >= 15 is 0 Å². The van der Waals surface area contributed by atoms with Gasteiger partial charge in [-0.15, -0.1) is 0 Å². The van der Waals surface area contributed by atoms with Gasteiger partial charge in [0.05, 0.1) is 5.92 Å². The zero-order valence-electron chi connectivity index (χ0n) is 11.8. The molecule has 2 unspecified atom stereocenters. The highest BCUT2D eigenvalue weighted by Gasteiger charge is 2.38. The first-order valence-corrected chi connectivity index (χ1v) is 7.74. The first-order valence-electron chi connectivity index (χ1n) is 6.95. The lowest BCUT2D eigenvalue weighted by atomic mass is 9.65. The Morgan fingerprint density at radius 1 is 1.50 bits per heavy atom. The number of carboxylic acids is 1. The van der Waals surface area contributed by atoms with E-state index in [0.29, 0.717) is 6.42 Å². The fraction of sp³-hybridized carbons (Fsp3) is 0.562. The number of aliphatic carboxylic acids is 1. The Bertz CT molecular complexity index is 513. The van der Waals surface area contributed by atoms with Crippen molar-refractivity contribution in [3.63, 3.8) is 0 Å². The molecule has 0 saturated heterocycles. The van der Waals surface area contributed by atoms with Crippen LogP contribution in [0, 0.1) is 23.1 Å².